The third-order valence-electron chi connectivity index (χ3n) is 5.35. The van der Waals surface area contributed by atoms with Crippen LogP contribution in [-0.2, 0) is 16.1 Å². The first kappa shape index (κ1) is 22.1. The lowest BCUT2D eigenvalue weighted by Gasteiger charge is -2.09. The van der Waals surface area contributed by atoms with Crippen LogP contribution in [0.15, 0.2) is 88.1 Å². The molecule has 0 spiro atoms. The number of hydrogen-bond donors (Lipinski definition) is 1. The van der Waals surface area contributed by atoms with Gasteiger partial charge in [0.25, 0.3) is 5.91 Å². The number of esters is 1. The number of benzene rings is 2. The van der Waals surface area contributed by atoms with Gasteiger partial charge in [-0.25, -0.2) is 14.8 Å². The minimum Gasteiger partial charge on any atom is -0.463 e. The highest BCUT2D eigenvalue weighted by Crippen LogP contribution is 2.31. The molecule has 5 rings (SSSR count). The Labute approximate surface area is 200 Å². The Hall–Kier alpha value is -4.72. The van der Waals surface area contributed by atoms with E-state index in [1.807, 2.05) is 31.2 Å². The van der Waals surface area contributed by atoms with Gasteiger partial charge in [0.2, 0.25) is 0 Å². The smallest absolute Gasteiger partial charge is 0.338 e. The fourth-order valence-electron chi connectivity index (χ4n) is 3.52. The molecule has 0 atom stereocenters. The second-order valence-corrected chi connectivity index (χ2v) is 7.92. The summed E-state index contributed by atoms with van der Waals surface area (Å²) in [7, 11) is 0. The van der Waals surface area contributed by atoms with Gasteiger partial charge in [-0.2, -0.15) is 0 Å². The molecule has 0 aliphatic carbocycles. The van der Waals surface area contributed by atoms with E-state index in [1.54, 1.807) is 55.0 Å². The highest BCUT2D eigenvalue weighted by Gasteiger charge is 2.18. The van der Waals surface area contributed by atoms with Gasteiger partial charge in [0.15, 0.2) is 18.1 Å². The van der Waals surface area contributed by atoms with E-state index in [0.717, 1.165) is 11.1 Å². The first-order chi connectivity index (χ1) is 17.1. The standard InChI is InChI=1S/C27H21N3O5/c1-17-6-8-18(9-7-17)15-28-24(31)16-35-27(32)19-10-11-20-21(14-19)30-26(23-5-3-13-34-23)25(29-20)22-4-2-12-33-22/h2-14H,15-16H2,1H3,(H,28,31). The molecule has 1 amide bonds. The van der Waals surface area contributed by atoms with Gasteiger partial charge in [-0.05, 0) is 55.0 Å². The van der Waals surface area contributed by atoms with Crippen molar-refractivity contribution in [2.45, 2.75) is 13.5 Å². The van der Waals surface area contributed by atoms with Crippen LogP contribution in [-0.4, -0.2) is 28.5 Å². The van der Waals surface area contributed by atoms with E-state index < -0.39 is 5.97 Å². The third kappa shape index (κ3) is 4.96. The highest BCUT2D eigenvalue weighted by atomic mass is 16.5. The van der Waals surface area contributed by atoms with Gasteiger partial charge in [0.05, 0.1) is 29.1 Å². The summed E-state index contributed by atoms with van der Waals surface area (Å²) in [5, 5.41) is 2.74. The first-order valence-corrected chi connectivity index (χ1v) is 11.0. The van der Waals surface area contributed by atoms with E-state index >= 15 is 0 Å². The molecular weight excluding hydrogens is 446 g/mol. The number of hydrogen-bond acceptors (Lipinski definition) is 7. The Morgan fingerprint density at radius 2 is 1.51 bits per heavy atom. The van der Waals surface area contributed by atoms with Gasteiger partial charge in [-0.3, -0.25) is 4.79 Å². The Kier molecular flexibility index (Phi) is 6.09. The summed E-state index contributed by atoms with van der Waals surface area (Å²) in [5.74, 6) is 0.0477. The lowest BCUT2D eigenvalue weighted by Crippen LogP contribution is -2.28. The first-order valence-electron chi connectivity index (χ1n) is 11.0. The number of fused-ring (bicyclic) bond motifs is 1. The zero-order valence-electron chi connectivity index (χ0n) is 18.9. The molecule has 0 radical (unpaired) electrons. The van der Waals surface area contributed by atoms with Crippen molar-refractivity contribution in [3.8, 4) is 22.9 Å². The minimum absolute atomic E-state index is 0.259. The lowest BCUT2D eigenvalue weighted by atomic mass is 10.1. The van der Waals surface area contributed by atoms with Crippen molar-refractivity contribution in [2.24, 2.45) is 0 Å². The fourth-order valence-corrected chi connectivity index (χ4v) is 3.52. The summed E-state index contributed by atoms with van der Waals surface area (Å²) >= 11 is 0. The van der Waals surface area contributed by atoms with Crippen LogP contribution in [0.25, 0.3) is 33.9 Å². The molecule has 35 heavy (non-hydrogen) atoms. The van der Waals surface area contributed by atoms with Crippen LogP contribution in [0, 0.1) is 6.92 Å². The average Bonchev–Trinajstić information content (AvgIpc) is 3.61. The number of aryl methyl sites for hydroxylation is 1. The monoisotopic (exact) mass is 467 g/mol. The normalized spacial score (nSPS) is 10.9. The van der Waals surface area contributed by atoms with Crippen molar-refractivity contribution < 1.29 is 23.2 Å². The number of nitrogens with one attached hydrogen (secondary N) is 1. The van der Waals surface area contributed by atoms with E-state index in [2.05, 4.69) is 15.3 Å². The molecule has 0 bridgehead atoms. The zero-order valence-corrected chi connectivity index (χ0v) is 18.9. The van der Waals surface area contributed by atoms with Crippen LogP contribution >= 0.6 is 0 Å². The van der Waals surface area contributed by atoms with Gasteiger partial charge >= 0.3 is 5.97 Å². The van der Waals surface area contributed by atoms with Crippen molar-refractivity contribution in [1.29, 1.82) is 0 Å². The zero-order chi connectivity index (χ0) is 24.2. The molecule has 0 fully saturated rings. The Morgan fingerprint density at radius 1 is 0.857 bits per heavy atom. The molecule has 174 valence electrons. The fraction of sp³-hybridized carbons (Fsp3) is 0.111. The number of amides is 1. The maximum atomic E-state index is 12.6. The quantitative estimate of drug-likeness (QED) is 0.338. The van der Waals surface area contributed by atoms with Gasteiger partial charge in [-0.15, -0.1) is 0 Å². The van der Waals surface area contributed by atoms with E-state index in [9.17, 15) is 9.59 Å². The Morgan fingerprint density at radius 3 is 2.14 bits per heavy atom. The number of carbonyl (C=O) groups excluding carboxylic acids is 2. The van der Waals surface area contributed by atoms with Gasteiger partial charge < -0.3 is 18.9 Å². The van der Waals surface area contributed by atoms with Crippen LogP contribution in [0.4, 0.5) is 0 Å². The second kappa shape index (κ2) is 9.64. The van der Waals surface area contributed by atoms with Crippen molar-refractivity contribution in [3.05, 3.63) is 95.9 Å². The van der Waals surface area contributed by atoms with Crippen molar-refractivity contribution in [1.82, 2.24) is 15.3 Å². The molecule has 2 aromatic carbocycles. The number of nitrogens with zero attached hydrogens (tertiary/aromatic N) is 2. The summed E-state index contributed by atoms with van der Waals surface area (Å²) in [5.41, 5.74) is 4.42. The predicted molar refractivity (Wildman–Crippen MR) is 128 cm³/mol. The van der Waals surface area contributed by atoms with Crippen LogP contribution in [0.5, 0.6) is 0 Å². The highest BCUT2D eigenvalue weighted by molar-refractivity contribution is 5.95. The number of aromatic nitrogens is 2. The van der Waals surface area contributed by atoms with Gasteiger partial charge in [0, 0.05) is 6.54 Å². The number of rotatable bonds is 7. The van der Waals surface area contributed by atoms with E-state index in [4.69, 9.17) is 13.6 Å². The molecule has 0 saturated heterocycles. The van der Waals surface area contributed by atoms with Gasteiger partial charge in [0.1, 0.15) is 11.4 Å². The van der Waals surface area contributed by atoms with E-state index in [1.165, 1.54) is 0 Å². The molecule has 0 unspecified atom stereocenters. The summed E-state index contributed by atoms with van der Waals surface area (Å²) in [6, 6.07) is 19.7. The van der Waals surface area contributed by atoms with Crippen molar-refractivity contribution in [2.75, 3.05) is 6.61 Å². The molecule has 0 aliphatic heterocycles. The van der Waals surface area contributed by atoms with Crippen LogP contribution < -0.4 is 5.32 Å². The average molecular weight is 467 g/mol. The van der Waals surface area contributed by atoms with E-state index in [-0.39, 0.29) is 18.1 Å². The summed E-state index contributed by atoms with van der Waals surface area (Å²) in [4.78, 5) is 34.1. The minimum atomic E-state index is -0.631. The van der Waals surface area contributed by atoms with Crippen molar-refractivity contribution >= 4 is 22.9 Å². The van der Waals surface area contributed by atoms with Crippen LogP contribution in [0.1, 0.15) is 21.5 Å². The molecule has 0 aliphatic rings. The molecule has 3 heterocycles. The lowest BCUT2D eigenvalue weighted by molar-refractivity contribution is -0.124. The Bertz CT molecular complexity index is 1470. The molecule has 5 aromatic rings. The molecule has 8 nitrogen and oxygen atoms in total. The topological polar surface area (TPSA) is 107 Å². The second-order valence-electron chi connectivity index (χ2n) is 7.92. The SMILES string of the molecule is Cc1ccc(CNC(=O)COC(=O)c2ccc3nc(-c4ccco4)c(-c4ccco4)nc3c2)cc1. The number of furan rings is 2. The van der Waals surface area contributed by atoms with Crippen molar-refractivity contribution in [3.63, 3.8) is 0 Å². The largest absolute Gasteiger partial charge is 0.463 e. The molecular formula is C27H21N3O5. The summed E-state index contributed by atoms with van der Waals surface area (Å²) in [6.45, 7) is 1.97. The third-order valence-corrected chi connectivity index (χ3v) is 5.35. The molecule has 0 saturated carbocycles. The maximum Gasteiger partial charge on any atom is 0.338 e. The Balaban J connectivity index is 1.31. The summed E-state index contributed by atoms with van der Waals surface area (Å²) in [6.07, 6.45) is 3.11. The summed E-state index contributed by atoms with van der Waals surface area (Å²) < 4.78 is 16.2. The van der Waals surface area contributed by atoms with Crippen LogP contribution in [0.3, 0.4) is 0 Å². The predicted octanol–water partition coefficient (Wildman–Crippen LogP) is 4.93. The van der Waals surface area contributed by atoms with E-state index in [0.29, 0.717) is 40.5 Å². The van der Waals surface area contributed by atoms with Crippen LogP contribution in [0.2, 0.25) is 0 Å². The molecule has 8 heteroatoms. The maximum absolute atomic E-state index is 12.6. The number of ether oxygens (including phenoxy) is 1. The van der Waals surface area contributed by atoms with Gasteiger partial charge in [-0.1, -0.05) is 29.8 Å². The molecule has 3 aromatic heterocycles. The number of carbonyl (C=O) groups is 2. The molecule has 1 N–H and O–H groups in total.